The van der Waals surface area contributed by atoms with Crippen LogP contribution in [0.2, 0.25) is 0 Å². The molecule has 2 N–H and O–H groups in total. The second kappa shape index (κ2) is 12.6. The average molecular weight is 511 g/mol. The molecule has 37 heavy (non-hydrogen) atoms. The van der Waals surface area contributed by atoms with Crippen molar-refractivity contribution in [1.82, 2.24) is 10.7 Å². The molecule has 0 radical (unpaired) electrons. The minimum atomic E-state index is -0.675. The summed E-state index contributed by atoms with van der Waals surface area (Å²) in [6, 6.07) is 10.7. The number of nitrogens with one attached hydrogen (secondary N) is 2. The molecule has 12 heteroatoms. The summed E-state index contributed by atoms with van der Waals surface area (Å²) >= 11 is 0. The van der Waals surface area contributed by atoms with E-state index in [-0.39, 0.29) is 29.4 Å². The molecular formula is C25H25N3O9. The Kier molecular flexibility index (Phi) is 9.08. The monoisotopic (exact) mass is 511 g/mol. The number of hydrogen-bond acceptors (Lipinski definition) is 10. The Hall–Kier alpha value is -5.00. The maximum Gasteiger partial charge on any atom is 0.379 e. The molecule has 0 aliphatic rings. The molecule has 0 saturated carbocycles. The Labute approximate surface area is 212 Å². The van der Waals surface area contributed by atoms with Crippen LogP contribution >= 0.6 is 0 Å². The average Bonchev–Trinajstić information content (AvgIpc) is 3.46. The third-order valence-electron chi connectivity index (χ3n) is 4.85. The van der Waals surface area contributed by atoms with E-state index < -0.39 is 17.8 Å². The van der Waals surface area contributed by atoms with Crippen molar-refractivity contribution in [3.63, 3.8) is 0 Å². The summed E-state index contributed by atoms with van der Waals surface area (Å²) in [7, 11) is 5.73. The number of ether oxygens (including phenoxy) is 5. The molecule has 0 bridgehead atoms. The lowest BCUT2D eigenvalue weighted by atomic mass is 10.1. The van der Waals surface area contributed by atoms with Crippen molar-refractivity contribution < 1.29 is 42.5 Å². The molecule has 3 rings (SSSR count). The number of carbonyl (C=O) groups excluding carboxylic acids is 3. The van der Waals surface area contributed by atoms with Gasteiger partial charge < -0.3 is 33.4 Å². The quantitative estimate of drug-likeness (QED) is 0.171. The molecule has 0 atom stereocenters. The normalized spacial score (nSPS) is 10.5. The maximum absolute atomic E-state index is 12.5. The fourth-order valence-electron chi connectivity index (χ4n) is 3.09. The van der Waals surface area contributed by atoms with Gasteiger partial charge in [-0.05, 0) is 48.0 Å². The van der Waals surface area contributed by atoms with Gasteiger partial charge in [0.05, 0.1) is 47.5 Å². The van der Waals surface area contributed by atoms with Crippen LogP contribution in [0, 0.1) is 0 Å². The number of furan rings is 1. The van der Waals surface area contributed by atoms with Crippen LogP contribution in [0.25, 0.3) is 0 Å². The fraction of sp³-hybridized carbons (Fsp3) is 0.200. The van der Waals surface area contributed by atoms with E-state index in [9.17, 15) is 14.4 Å². The van der Waals surface area contributed by atoms with Gasteiger partial charge in [0.15, 0.2) is 23.0 Å². The van der Waals surface area contributed by atoms with Crippen LogP contribution in [-0.4, -0.2) is 59.0 Å². The first-order valence-corrected chi connectivity index (χ1v) is 10.7. The van der Waals surface area contributed by atoms with Gasteiger partial charge in [0.25, 0.3) is 11.8 Å². The predicted molar refractivity (Wildman–Crippen MR) is 131 cm³/mol. The highest BCUT2D eigenvalue weighted by Crippen LogP contribution is 2.38. The zero-order chi connectivity index (χ0) is 26.8. The number of hydrazone groups is 1. The highest BCUT2D eigenvalue weighted by atomic mass is 16.6. The lowest BCUT2D eigenvalue weighted by Gasteiger charge is -2.14. The van der Waals surface area contributed by atoms with E-state index in [0.717, 1.165) is 0 Å². The van der Waals surface area contributed by atoms with E-state index in [1.54, 1.807) is 18.2 Å². The van der Waals surface area contributed by atoms with Crippen molar-refractivity contribution in [2.75, 3.05) is 35.0 Å². The lowest BCUT2D eigenvalue weighted by molar-refractivity contribution is -0.120. The van der Waals surface area contributed by atoms with Crippen LogP contribution in [-0.2, 0) is 4.79 Å². The van der Waals surface area contributed by atoms with Crippen LogP contribution < -0.4 is 34.4 Å². The minimum Gasteiger partial charge on any atom is -0.493 e. The second-order valence-corrected chi connectivity index (χ2v) is 7.17. The number of rotatable bonds is 11. The van der Waals surface area contributed by atoms with Crippen molar-refractivity contribution in [2.24, 2.45) is 5.10 Å². The molecule has 194 valence electrons. The van der Waals surface area contributed by atoms with Crippen LogP contribution in [0.4, 0.5) is 0 Å². The Bertz CT molecular complexity index is 1260. The zero-order valence-electron chi connectivity index (χ0n) is 20.5. The van der Waals surface area contributed by atoms with Gasteiger partial charge in [-0.3, -0.25) is 9.59 Å². The first-order chi connectivity index (χ1) is 17.9. The van der Waals surface area contributed by atoms with E-state index >= 15 is 0 Å². The molecule has 3 aromatic rings. The Morgan fingerprint density at radius 3 is 2.19 bits per heavy atom. The molecule has 0 aliphatic carbocycles. The number of amides is 2. The van der Waals surface area contributed by atoms with Crippen molar-refractivity contribution in [1.29, 1.82) is 0 Å². The largest absolute Gasteiger partial charge is 0.493 e. The van der Waals surface area contributed by atoms with E-state index in [2.05, 4.69) is 15.8 Å². The fourth-order valence-corrected chi connectivity index (χ4v) is 3.09. The number of benzene rings is 2. The Morgan fingerprint density at radius 2 is 1.59 bits per heavy atom. The van der Waals surface area contributed by atoms with Gasteiger partial charge in [-0.15, -0.1) is 0 Å². The number of esters is 1. The van der Waals surface area contributed by atoms with Crippen molar-refractivity contribution in [2.45, 2.75) is 0 Å². The molecule has 1 heterocycles. The van der Waals surface area contributed by atoms with Gasteiger partial charge in [-0.1, -0.05) is 0 Å². The Balaban J connectivity index is 1.56. The maximum atomic E-state index is 12.5. The highest BCUT2D eigenvalue weighted by molar-refractivity contribution is 5.97. The first kappa shape index (κ1) is 26.6. The summed E-state index contributed by atoms with van der Waals surface area (Å²) < 4.78 is 31.2. The van der Waals surface area contributed by atoms with Crippen LogP contribution in [0.5, 0.6) is 28.7 Å². The first-order valence-electron chi connectivity index (χ1n) is 10.7. The summed E-state index contributed by atoms with van der Waals surface area (Å²) in [5, 5.41) is 6.36. The summed E-state index contributed by atoms with van der Waals surface area (Å²) in [6.07, 6.45) is 2.72. The summed E-state index contributed by atoms with van der Waals surface area (Å²) in [6.45, 7) is -0.335. The van der Waals surface area contributed by atoms with E-state index in [1.807, 2.05) is 0 Å². The molecular weight excluding hydrogens is 486 g/mol. The number of carbonyl (C=O) groups is 3. The SMILES string of the molecule is COc1cc(/C=N\NC(=O)CNC(=O)c2cc(OC)c(OC)c(OC)c2)ccc1OC(=O)c1ccco1. The van der Waals surface area contributed by atoms with E-state index in [1.165, 1.54) is 65.2 Å². The van der Waals surface area contributed by atoms with Gasteiger partial charge in [0.2, 0.25) is 11.5 Å². The van der Waals surface area contributed by atoms with Crippen LogP contribution in [0.15, 0.2) is 58.2 Å². The summed E-state index contributed by atoms with van der Waals surface area (Å²) in [5.74, 6) is -0.313. The third kappa shape index (κ3) is 6.78. The zero-order valence-corrected chi connectivity index (χ0v) is 20.5. The van der Waals surface area contributed by atoms with Gasteiger partial charge >= 0.3 is 5.97 Å². The molecule has 0 aliphatic heterocycles. The lowest BCUT2D eigenvalue weighted by Crippen LogP contribution is -2.34. The smallest absolute Gasteiger partial charge is 0.379 e. The molecule has 0 spiro atoms. The summed E-state index contributed by atoms with van der Waals surface area (Å²) in [4.78, 5) is 36.7. The highest BCUT2D eigenvalue weighted by Gasteiger charge is 2.18. The van der Waals surface area contributed by atoms with E-state index in [0.29, 0.717) is 22.8 Å². The number of nitrogens with zero attached hydrogens (tertiary/aromatic N) is 1. The van der Waals surface area contributed by atoms with Gasteiger partial charge in [0.1, 0.15) is 0 Å². The standard InChI is InChI=1S/C25H25N3O9/c1-32-19-10-15(7-8-17(19)37-25(31)18-6-5-9-36-18)13-27-28-22(29)14-26-24(30)16-11-20(33-2)23(35-4)21(12-16)34-3/h5-13H,14H2,1-4H3,(H,26,30)(H,28,29)/b27-13-. The van der Waals surface area contributed by atoms with Gasteiger partial charge in [-0.25, -0.2) is 10.2 Å². The molecule has 1 aromatic heterocycles. The van der Waals surface area contributed by atoms with Crippen molar-refractivity contribution >= 4 is 24.0 Å². The molecule has 0 fully saturated rings. The van der Waals surface area contributed by atoms with Crippen LogP contribution in [0.3, 0.4) is 0 Å². The topological polar surface area (TPSA) is 147 Å². The van der Waals surface area contributed by atoms with Gasteiger partial charge in [0, 0.05) is 5.56 Å². The van der Waals surface area contributed by atoms with Gasteiger partial charge in [-0.2, -0.15) is 5.10 Å². The predicted octanol–water partition coefficient (Wildman–Crippen LogP) is 2.41. The van der Waals surface area contributed by atoms with Crippen molar-refractivity contribution in [3.05, 3.63) is 65.6 Å². The molecule has 0 saturated heterocycles. The molecule has 2 aromatic carbocycles. The van der Waals surface area contributed by atoms with E-state index in [4.69, 9.17) is 28.1 Å². The van der Waals surface area contributed by atoms with Crippen molar-refractivity contribution in [3.8, 4) is 28.7 Å². The molecule has 12 nitrogen and oxygen atoms in total. The molecule has 0 unspecified atom stereocenters. The Morgan fingerprint density at radius 1 is 0.892 bits per heavy atom. The minimum absolute atomic E-state index is 0.0489. The number of methoxy groups -OCH3 is 4. The molecule has 2 amide bonds. The third-order valence-corrected chi connectivity index (χ3v) is 4.85. The second-order valence-electron chi connectivity index (χ2n) is 7.17. The summed E-state index contributed by atoms with van der Waals surface area (Å²) in [5.41, 5.74) is 3.08. The number of hydrogen-bond donors (Lipinski definition) is 2. The van der Waals surface area contributed by atoms with Crippen LogP contribution in [0.1, 0.15) is 26.5 Å².